The van der Waals surface area contributed by atoms with Crippen molar-refractivity contribution in [1.29, 1.82) is 0 Å². The second-order valence-corrected chi connectivity index (χ2v) is 8.14. The van der Waals surface area contributed by atoms with Crippen LogP contribution in [0, 0.1) is 0 Å². The smallest absolute Gasteiger partial charge is 0.331 e. The van der Waals surface area contributed by atoms with E-state index in [1.165, 1.54) is 39.4 Å². The van der Waals surface area contributed by atoms with Gasteiger partial charge in [0.05, 0.1) is 19.1 Å². The molecule has 0 fully saturated rings. The molecule has 0 saturated heterocycles. The summed E-state index contributed by atoms with van der Waals surface area (Å²) in [5.41, 5.74) is 1.32. The van der Waals surface area contributed by atoms with E-state index >= 15 is 0 Å². The summed E-state index contributed by atoms with van der Waals surface area (Å²) in [6.45, 7) is -0.0358. The Labute approximate surface area is 165 Å². The molecule has 0 aliphatic carbocycles. The van der Waals surface area contributed by atoms with Crippen LogP contribution in [0.1, 0.15) is 11.1 Å². The van der Waals surface area contributed by atoms with Crippen molar-refractivity contribution in [2.24, 2.45) is 0 Å². The van der Waals surface area contributed by atoms with Crippen LogP contribution in [-0.2, 0) is 26.2 Å². The summed E-state index contributed by atoms with van der Waals surface area (Å²) in [4.78, 5) is 12.1. The van der Waals surface area contributed by atoms with Gasteiger partial charge in [-0.2, -0.15) is 0 Å². The first-order chi connectivity index (χ1) is 13.3. The fourth-order valence-corrected chi connectivity index (χ4v) is 3.30. The first kappa shape index (κ1) is 21.5. The highest BCUT2D eigenvalue weighted by Crippen LogP contribution is 2.28. The third kappa shape index (κ3) is 5.34. The van der Waals surface area contributed by atoms with Gasteiger partial charge in [0, 0.05) is 20.2 Å². The quantitative estimate of drug-likeness (QED) is 0.496. The number of carbonyl (C=O) groups excluding carboxylic acids is 1. The van der Waals surface area contributed by atoms with E-state index in [0.29, 0.717) is 17.1 Å². The molecule has 0 saturated carbocycles. The van der Waals surface area contributed by atoms with E-state index in [-0.39, 0.29) is 11.5 Å². The van der Waals surface area contributed by atoms with Crippen LogP contribution in [0.3, 0.4) is 0 Å². The standard InChI is InChI=1S/C20H23NO6S/c1-21(2)28(23,24)17-7-5-6-16(12-17)14-27-20(22)11-9-15-8-10-18(25-3)19(13-15)26-4/h5-13H,14H2,1-4H3. The van der Waals surface area contributed by atoms with Gasteiger partial charge in [-0.3, -0.25) is 0 Å². The van der Waals surface area contributed by atoms with Gasteiger partial charge in [0.1, 0.15) is 6.61 Å². The van der Waals surface area contributed by atoms with Crippen LogP contribution < -0.4 is 9.47 Å². The highest BCUT2D eigenvalue weighted by atomic mass is 32.2. The maximum Gasteiger partial charge on any atom is 0.331 e. The molecule has 7 nitrogen and oxygen atoms in total. The molecule has 0 aliphatic rings. The fraction of sp³-hybridized carbons (Fsp3) is 0.250. The molecule has 0 bridgehead atoms. The predicted molar refractivity (Wildman–Crippen MR) is 106 cm³/mol. The van der Waals surface area contributed by atoms with Crippen LogP contribution >= 0.6 is 0 Å². The normalized spacial score (nSPS) is 11.6. The molecule has 2 rings (SSSR count). The van der Waals surface area contributed by atoms with Gasteiger partial charge in [0.15, 0.2) is 11.5 Å². The Morgan fingerprint density at radius 1 is 1.04 bits per heavy atom. The minimum absolute atomic E-state index is 0.0358. The van der Waals surface area contributed by atoms with Crippen molar-refractivity contribution in [3.05, 3.63) is 59.7 Å². The zero-order valence-electron chi connectivity index (χ0n) is 16.2. The molecular formula is C20H23NO6S. The lowest BCUT2D eigenvalue weighted by Gasteiger charge is -2.12. The van der Waals surface area contributed by atoms with Crippen LogP contribution in [0.25, 0.3) is 6.08 Å². The summed E-state index contributed by atoms with van der Waals surface area (Å²) < 4.78 is 41.0. The van der Waals surface area contributed by atoms with E-state index in [2.05, 4.69) is 0 Å². The Balaban J connectivity index is 2.02. The molecular weight excluding hydrogens is 382 g/mol. The van der Waals surface area contributed by atoms with E-state index in [0.717, 1.165) is 9.87 Å². The lowest BCUT2D eigenvalue weighted by atomic mass is 10.2. The van der Waals surface area contributed by atoms with Gasteiger partial charge in [-0.1, -0.05) is 18.2 Å². The van der Waals surface area contributed by atoms with Gasteiger partial charge in [0.25, 0.3) is 0 Å². The number of rotatable bonds is 8. The molecule has 0 aliphatic heterocycles. The number of methoxy groups -OCH3 is 2. The van der Waals surface area contributed by atoms with Crippen molar-refractivity contribution in [3.8, 4) is 11.5 Å². The van der Waals surface area contributed by atoms with Gasteiger partial charge >= 0.3 is 5.97 Å². The van der Waals surface area contributed by atoms with Gasteiger partial charge in [-0.25, -0.2) is 17.5 Å². The first-order valence-corrected chi connectivity index (χ1v) is 9.80. The minimum Gasteiger partial charge on any atom is -0.493 e. The molecule has 0 atom stereocenters. The van der Waals surface area contributed by atoms with Gasteiger partial charge in [-0.05, 0) is 41.5 Å². The lowest BCUT2D eigenvalue weighted by molar-refractivity contribution is -0.138. The van der Waals surface area contributed by atoms with Crippen LogP contribution in [0.4, 0.5) is 0 Å². The van der Waals surface area contributed by atoms with Gasteiger partial charge < -0.3 is 14.2 Å². The number of nitrogens with zero attached hydrogens (tertiary/aromatic N) is 1. The molecule has 0 heterocycles. The van der Waals surface area contributed by atoms with Crippen LogP contribution in [0.15, 0.2) is 53.4 Å². The van der Waals surface area contributed by atoms with E-state index in [9.17, 15) is 13.2 Å². The minimum atomic E-state index is -3.54. The molecule has 150 valence electrons. The summed E-state index contributed by atoms with van der Waals surface area (Å²) in [5, 5.41) is 0. The Kier molecular flexibility index (Phi) is 7.19. The molecule has 0 amide bonds. The molecule has 28 heavy (non-hydrogen) atoms. The van der Waals surface area contributed by atoms with Crippen molar-refractivity contribution in [2.45, 2.75) is 11.5 Å². The maximum absolute atomic E-state index is 12.2. The second kappa shape index (κ2) is 9.38. The van der Waals surface area contributed by atoms with E-state index in [1.54, 1.807) is 43.5 Å². The first-order valence-electron chi connectivity index (χ1n) is 8.36. The van der Waals surface area contributed by atoms with E-state index in [4.69, 9.17) is 14.2 Å². The second-order valence-electron chi connectivity index (χ2n) is 5.99. The fourth-order valence-electron chi connectivity index (χ4n) is 2.33. The van der Waals surface area contributed by atoms with Gasteiger partial charge in [-0.15, -0.1) is 0 Å². The summed E-state index contributed by atoms with van der Waals surface area (Å²) in [6, 6.07) is 11.5. The van der Waals surface area contributed by atoms with Crippen LogP contribution in [0.5, 0.6) is 11.5 Å². The van der Waals surface area contributed by atoms with Gasteiger partial charge in [0.2, 0.25) is 10.0 Å². The molecule has 2 aromatic rings. The van der Waals surface area contributed by atoms with Crippen molar-refractivity contribution in [3.63, 3.8) is 0 Å². The highest BCUT2D eigenvalue weighted by Gasteiger charge is 2.17. The molecule has 0 radical (unpaired) electrons. The third-order valence-electron chi connectivity index (χ3n) is 3.88. The molecule has 0 N–H and O–H groups in total. The summed E-state index contributed by atoms with van der Waals surface area (Å²) in [6.07, 6.45) is 2.89. The molecule has 8 heteroatoms. The van der Waals surface area contributed by atoms with Crippen molar-refractivity contribution in [1.82, 2.24) is 4.31 Å². The van der Waals surface area contributed by atoms with Crippen molar-refractivity contribution < 1.29 is 27.4 Å². The monoisotopic (exact) mass is 405 g/mol. The van der Waals surface area contributed by atoms with Crippen LogP contribution in [0.2, 0.25) is 0 Å². The Morgan fingerprint density at radius 3 is 2.39 bits per heavy atom. The Bertz CT molecular complexity index is 966. The largest absolute Gasteiger partial charge is 0.493 e. The number of ether oxygens (including phenoxy) is 3. The Hall–Kier alpha value is -2.84. The molecule has 0 spiro atoms. The predicted octanol–water partition coefficient (Wildman–Crippen LogP) is 2.71. The maximum atomic E-state index is 12.2. The van der Waals surface area contributed by atoms with E-state index in [1.807, 2.05) is 0 Å². The van der Waals surface area contributed by atoms with E-state index < -0.39 is 16.0 Å². The number of sulfonamides is 1. The average Bonchev–Trinajstić information content (AvgIpc) is 2.70. The average molecular weight is 405 g/mol. The van der Waals surface area contributed by atoms with Crippen molar-refractivity contribution >= 4 is 22.1 Å². The van der Waals surface area contributed by atoms with Crippen LogP contribution in [-0.4, -0.2) is 47.0 Å². The molecule has 0 aromatic heterocycles. The number of carbonyl (C=O) groups is 1. The zero-order valence-corrected chi connectivity index (χ0v) is 17.0. The summed E-state index contributed by atoms with van der Waals surface area (Å²) in [7, 11) is 2.46. The number of esters is 1. The zero-order chi connectivity index (χ0) is 20.7. The number of hydrogen-bond donors (Lipinski definition) is 0. The van der Waals surface area contributed by atoms with Crippen molar-refractivity contribution in [2.75, 3.05) is 28.3 Å². The molecule has 2 aromatic carbocycles. The SMILES string of the molecule is COc1ccc(C=CC(=O)OCc2cccc(S(=O)(=O)N(C)C)c2)cc1OC. The third-order valence-corrected chi connectivity index (χ3v) is 5.69. The number of benzene rings is 2. The topological polar surface area (TPSA) is 82.1 Å². The summed E-state index contributed by atoms with van der Waals surface area (Å²) in [5.74, 6) is 0.599. The lowest BCUT2D eigenvalue weighted by Crippen LogP contribution is -2.22. The molecule has 0 unspecified atom stereocenters. The highest BCUT2D eigenvalue weighted by molar-refractivity contribution is 7.89. The Morgan fingerprint density at radius 2 is 1.75 bits per heavy atom. The summed E-state index contributed by atoms with van der Waals surface area (Å²) >= 11 is 0. The number of hydrogen-bond acceptors (Lipinski definition) is 6.